The van der Waals surface area contributed by atoms with Crippen molar-refractivity contribution in [3.05, 3.63) is 82.8 Å². The van der Waals surface area contributed by atoms with E-state index < -0.39 is 17.9 Å². The predicted molar refractivity (Wildman–Crippen MR) is 253 cm³/mol. The number of imide groups is 1. The molecule has 3 aliphatic heterocycles. The number of allylic oxidation sites excluding steroid dienone is 3. The quantitative estimate of drug-likeness (QED) is 0.0415. The summed E-state index contributed by atoms with van der Waals surface area (Å²) in [4.78, 5) is 56.6. The molecule has 3 saturated heterocycles. The monoisotopic (exact) mass is 897 g/mol. The number of aryl methyl sites for hydroxylation is 1. The van der Waals surface area contributed by atoms with E-state index in [4.69, 9.17) is 5.53 Å². The van der Waals surface area contributed by atoms with Crippen LogP contribution in [0, 0.1) is 35.5 Å². The fourth-order valence-corrected chi connectivity index (χ4v) is 9.92. The Labute approximate surface area is 385 Å². The summed E-state index contributed by atoms with van der Waals surface area (Å²) in [6.45, 7) is 11.8. The van der Waals surface area contributed by atoms with Gasteiger partial charge in [0, 0.05) is 87.7 Å². The summed E-state index contributed by atoms with van der Waals surface area (Å²) in [5, 5.41) is 18.7. The molecule has 6 rings (SSSR count). The summed E-state index contributed by atoms with van der Waals surface area (Å²) in [5.74, 6) is -0.947. The highest BCUT2D eigenvalue weighted by molar-refractivity contribution is 6.05. The van der Waals surface area contributed by atoms with Gasteiger partial charge in [-0.1, -0.05) is 56.9 Å². The second kappa shape index (κ2) is 24.0. The number of unbranched alkanes of at least 4 members (excludes halogenated alkanes) is 5. The molecule has 2 aromatic rings. The van der Waals surface area contributed by atoms with Crippen LogP contribution >= 0.6 is 0 Å². The summed E-state index contributed by atoms with van der Waals surface area (Å²) < 4.78 is 14.6. The highest BCUT2D eigenvalue weighted by Crippen LogP contribution is 2.40. The molecule has 3 fully saturated rings. The van der Waals surface area contributed by atoms with Crippen molar-refractivity contribution in [1.82, 2.24) is 36.4 Å². The molecule has 4 atom stereocenters. The average molecular weight is 897 g/mol. The maximum Gasteiger partial charge on any atom is 0.254 e. The molecule has 0 saturated carbocycles. The third kappa shape index (κ3) is 14.3. The third-order valence-electron chi connectivity index (χ3n) is 13.9. The van der Waals surface area contributed by atoms with Crippen LogP contribution < -0.4 is 31.5 Å². The van der Waals surface area contributed by atoms with Gasteiger partial charge in [0.05, 0.1) is 11.3 Å². The first-order chi connectivity index (χ1) is 31.3. The Morgan fingerprint density at radius 2 is 1.72 bits per heavy atom. The van der Waals surface area contributed by atoms with Crippen molar-refractivity contribution in [2.24, 2.45) is 22.4 Å². The molecule has 4 aliphatic rings. The first kappa shape index (κ1) is 49.4. The van der Waals surface area contributed by atoms with Crippen LogP contribution in [0.15, 0.2) is 65.4 Å². The molecule has 0 spiro atoms. The largest absolute Gasteiger partial charge is 0.384 e. The molecule has 0 aromatic heterocycles. The second-order valence-electron chi connectivity index (χ2n) is 19.2. The second-order valence-corrected chi connectivity index (χ2v) is 19.2. The van der Waals surface area contributed by atoms with Crippen molar-refractivity contribution < 1.29 is 23.6 Å². The van der Waals surface area contributed by atoms with Crippen molar-refractivity contribution in [1.29, 1.82) is 5.53 Å². The molecule has 6 N–H and O–H groups in total. The maximum absolute atomic E-state index is 14.6. The Morgan fingerprint density at radius 3 is 2.42 bits per heavy atom. The van der Waals surface area contributed by atoms with Crippen LogP contribution in [0.3, 0.4) is 0 Å². The smallest absolute Gasteiger partial charge is 0.254 e. The van der Waals surface area contributed by atoms with Crippen LogP contribution in [0.4, 0.5) is 15.8 Å². The summed E-state index contributed by atoms with van der Waals surface area (Å²) in [5.41, 5.74) is 11.9. The minimum Gasteiger partial charge on any atom is -0.384 e. The van der Waals surface area contributed by atoms with Gasteiger partial charge >= 0.3 is 0 Å². The predicted octanol–water partition coefficient (Wildman–Crippen LogP) is 6.49. The fourth-order valence-electron chi connectivity index (χ4n) is 9.92. The lowest BCUT2D eigenvalue weighted by Gasteiger charge is -2.34. The summed E-state index contributed by atoms with van der Waals surface area (Å²) >= 11 is 0. The summed E-state index contributed by atoms with van der Waals surface area (Å²) in [6.07, 6.45) is 17.7. The number of carbonyl (C=O) groups excluding carboxylic acids is 4. The molecule has 0 bridgehead atoms. The number of halogens is 1. The normalized spacial score (nSPS) is 22.8. The number of likely N-dealkylation sites (tertiary alicyclic amines) is 1. The molecule has 354 valence electrons. The number of nitrogens with zero attached hydrogens (tertiary/aromatic N) is 4. The molecule has 4 amide bonds. The van der Waals surface area contributed by atoms with Crippen LogP contribution in [0.1, 0.15) is 105 Å². The van der Waals surface area contributed by atoms with E-state index in [0.29, 0.717) is 51.0 Å². The van der Waals surface area contributed by atoms with Crippen molar-refractivity contribution >= 4 is 35.0 Å². The lowest BCUT2D eigenvalue weighted by molar-refractivity contribution is -0.134. The van der Waals surface area contributed by atoms with Crippen LogP contribution in [-0.2, 0) is 20.9 Å². The van der Waals surface area contributed by atoms with Crippen molar-refractivity contribution in [3.63, 3.8) is 0 Å². The summed E-state index contributed by atoms with van der Waals surface area (Å²) in [7, 11) is 4.35. The third-order valence-corrected chi connectivity index (χ3v) is 13.9. The molecule has 2 aromatic carbocycles. The number of hydrogen-bond acceptors (Lipinski definition) is 11. The Balaban J connectivity index is 0.770. The molecule has 0 radical (unpaired) electrons. The standard InChI is InChI=1S/C50H73FN10O4/c1-35-12-11-13-42(51)41(35)33-60-32-37(45(34-60)59(3)4)31-50(2)22-18-38(19-23-50)54-27-26-53-24-9-7-5-6-8-10-25-55-47(63)36-20-28-61(29-21-36)39-14-15-43(58-52)40(30-39)48(64)56-44-16-17-46(62)57-49(44)65/h11-15,18-19,22,30,36-37,44-45,52-54H,5-10,16-17,20-21,23-29,31-34H2,1-4H3,(H,55,63)(H,56,64)(H,57,62,65)/t37?,44?,45-,50-/m0/s1. The molecule has 3 heterocycles. The van der Waals surface area contributed by atoms with Crippen molar-refractivity contribution in [2.75, 3.05) is 71.4 Å². The van der Waals surface area contributed by atoms with E-state index in [1.54, 1.807) is 24.3 Å². The highest BCUT2D eigenvalue weighted by Gasteiger charge is 2.39. The van der Waals surface area contributed by atoms with Crippen LogP contribution in [-0.4, -0.2) is 112 Å². The molecule has 14 nitrogen and oxygen atoms in total. The van der Waals surface area contributed by atoms with Gasteiger partial charge in [-0.05, 0) is 120 Å². The lowest BCUT2D eigenvalue weighted by atomic mass is 9.74. The van der Waals surface area contributed by atoms with Gasteiger partial charge in [-0.3, -0.25) is 29.4 Å². The number of rotatable bonds is 23. The van der Waals surface area contributed by atoms with E-state index in [0.717, 1.165) is 88.1 Å². The van der Waals surface area contributed by atoms with Crippen LogP contribution in [0.2, 0.25) is 0 Å². The minimum atomic E-state index is -0.822. The minimum absolute atomic E-state index is 0.0561. The first-order valence-corrected chi connectivity index (χ1v) is 24.0. The van der Waals surface area contributed by atoms with Gasteiger partial charge in [0.2, 0.25) is 17.7 Å². The van der Waals surface area contributed by atoms with E-state index in [1.165, 1.54) is 18.5 Å². The Kier molecular flexibility index (Phi) is 18.2. The van der Waals surface area contributed by atoms with E-state index in [9.17, 15) is 23.6 Å². The van der Waals surface area contributed by atoms with Crippen molar-refractivity contribution in [2.45, 2.75) is 110 Å². The fraction of sp³-hybridized carbons (Fsp3) is 0.600. The molecule has 1 aliphatic carbocycles. The number of likely N-dealkylation sites (N-methyl/N-ethyl adjacent to an activating group) is 1. The molecule has 2 unspecified atom stereocenters. The Bertz CT molecular complexity index is 2010. The van der Waals surface area contributed by atoms with Gasteiger partial charge in [0.1, 0.15) is 11.9 Å². The molecule has 65 heavy (non-hydrogen) atoms. The van der Waals surface area contributed by atoms with Gasteiger partial charge in [0.15, 0.2) is 0 Å². The van der Waals surface area contributed by atoms with Gasteiger partial charge in [-0.15, -0.1) is 0 Å². The van der Waals surface area contributed by atoms with Crippen LogP contribution in [0.25, 0.3) is 0 Å². The number of carbonyl (C=O) groups is 4. The Hall–Kier alpha value is -4.99. The molecular formula is C50H73FN10O4. The summed E-state index contributed by atoms with van der Waals surface area (Å²) in [6, 6.07) is 10.1. The van der Waals surface area contributed by atoms with E-state index >= 15 is 0 Å². The van der Waals surface area contributed by atoms with Gasteiger partial charge in [-0.2, -0.15) is 5.11 Å². The van der Waals surface area contributed by atoms with Crippen molar-refractivity contribution in [3.8, 4) is 0 Å². The van der Waals surface area contributed by atoms with E-state index in [2.05, 4.69) is 85.6 Å². The number of amides is 4. The average Bonchev–Trinajstić information content (AvgIpc) is 3.69. The molecular weight excluding hydrogens is 824 g/mol. The number of piperidine rings is 2. The van der Waals surface area contributed by atoms with Gasteiger partial charge in [0.25, 0.3) is 5.91 Å². The van der Waals surface area contributed by atoms with Gasteiger partial charge < -0.3 is 31.1 Å². The molecule has 15 heteroatoms. The number of anilines is 1. The Morgan fingerprint density at radius 1 is 0.969 bits per heavy atom. The number of benzene rings is 2. The van der Waals surface area contributed by atoms with Gasteiger partial charge in [-0.25, -0.2) is 9.92 Å². The zero-order valence-corrected chi connectivity index (χ0v) is 39.2. The highest BCUT2D eigenvalue weighted by atomic mass is 19.1. The number of nitrogens with one attached hydrogen (secondary N) is 6. The lowest BCUT2D eigenvalue weighted by Crippen LogP contribution is -2.52. The van der Waals surface area contributed by atoms with E-state index in [1.807, 2.05) is 19.1 Å². The SMILES string of the molecule is Cc1cccc(F)c1CN1CC(C[C@@]2(C)C=CC(NCCNCCCCCCCCNC(=O)C3CCN(c4ccc(N=N)c(C(=O)NC5CCC(=O)NC5=O)c4)CC3)=CC2)[C@@H](N(C)C)C1. The zero-order valence-electron chi connectivity index (χ0n) is 39.2. The van der Waals surface area contributed by atoms with Crippen LogP contribution in [0.5, 0.6) is 0 Å². The van der Waals surface area contributed by atoms with E-state index in [-0.39, 0.29) is 53.1 Å². The first-order valence-electron chi connectivity index (χ1n) is 24.0. The topological polar surface area (TPSA) is 174 Å². The maximum atomic E-state index is 14.6. The number of hydrogen-bond donors (Lipinski definition) is 6. The zero-order chi connectivity index (χ0) is 46.3.